The molecule has 0 aromatic heterocycles. The van der Waals surface area contributed by atoms with Gasteiger partial charge in [-0.25, -0.2) is 0 Å². The summed E-state index contributed by atoms with van der Waals surface area (Å²) in [6.45, 7) is 9.60. The van der Waals surface area contributed by atoms with Gasteiger partial charge in [0.15, 0.2) is 0 Å². The Kier molecular flexibility index (Phi) is 6.22. The van der Waals surface area contributed by atoms with E-state index < -0.39 is 0 Å². The molecule has 0 bridgehead atoms. The van der Waals surface area contributed by atoms with Gasteiger partial charge in [-0.1, -0.05) is 38.1 Å². The standard InChI is InChI=1S/C18H30N2O/c1-5-19-18-16-10-8-7-9-15(16)11-12-17(18)20(6-2)14(3)13-21-4/h7-10,14,17-19H,5-6,11-13H2,1-4H3. The molecule has 118 valence electrons. The van der Waals surface area contributed by atoms with Gasteiger partial charge in [0, 0.05) is 25.2 Å². The van der Waals surface area contributed by atoms with Crippen molar-refractivity contribution in [3.05, 3.63) is 35.4 Å². The highest BCUT2D eigenvalue weighted by molar-refractivity contribution is 5.34. The Bertz CT molecular complexity index is 435. The van der Waals surface area contributed by atoms with Crippen LogP contribution < -0.4 is 5.32 Å². The molecular weight excluding hydrogens is 260 g/mol. The molecule has 2 rings (SSSR count). The van der Waals surface area contributed by atoms with E-state index in [1.54, 1.807) is 7.11 Å². The SMILES string of the molecule is CCNC1c2ccccc2CCC1N(CC)C(C)COC. The van der Waals surface area contributed by atoms with E-state index in [2.05, 4.69) is 55.3 Å². The van der Waals surface area contributed by atoms with Crippen LogP contribution >= 0.6 is 0 Å². The molecule has 3 nitrogen and oxygen atoms in total. The number of hydrogen-bond donors (Lipinski definition) is 1. The highest BCUT2D eigenvalue weighted by atomic mass is 16.5. The molecule has 1 aromatic carbocycles. The largest absolute Gasteiger partial charge is 0.383 e. The Balaban J connectivity index is 2.26. The first-order chi connectivity index (χ1) is 10.2. The maximum atomic E-state index is 5.38. The van der Waals surface area contributed by atoms with Gasteiger partial charge in [-0.05, 0) is 44.0 Å². The number of aryl methyl sites for hydroxylation is 1. The molecule has 0 saturated carbocycles. The summed E-state index contributed by atoms with van der Waals surface area (Å²) in [6, 6.07) is 10.3. The van der Waals surface area contributed by atoms with Gasteiger partial charge in [0.25, 0.3) is 0 Å². The van der Waals surface area contributed by atoms with Crippen LogP contribution in [0.1, 0.15) is 44.4 Å². The van der Waals surface area contributed by atoms with Crippen LogP contribution in [0.4, 0.5) is 0 Å². The Morgan fingerprint density at radius 2 is 2.10 bits per heavy atom. The smallest absolute Gasteiger partial charge is 0.0615 e. The molecule has 0 aliphatic heterocycles. The second kappa shape index (κ2) is 7.92. The molecule has 0 spiro atoms. The molecule has 0 amide bonds. The lowest BCUT2D eigenvalue weighted by molar-refractivity contribution is 0.0522. The van der Waals surface area contributed by atoms with E-state index >= 15 is 0 Å². The topological polar surface area (TPSA) is 24.5 Å². The van der Waals surface area contributed by atoms with E-state index in [9.17, 15) is 0 Å². The number of nitrogens with zero attached hydrogens (tertiary/aromatic N) is 1. The van der Waals surface area contributed by atoms with Crippen LogP contribution in [-0.2, 0) is 11.2 Å². The van der Waals surface area contributed by atoms with Crippen molar-refractivity contribution in [1.29, 1.82) is 0 Å². The van der Waals surface area contributed by atoms with E-state index in [4.69, 9.17) is 4.74 Å². The normalized spacial score (nSPS) is 23.1. The lowest BCUT2D eigenvalue weighted by atomic mass is 9.82. The fourth-order valence-corrected chi connectivity index (χ4v) is 3.78. The molecule has 21 heavy (non-hydrogen) atoms. The molecular formula is C18H30N2O. The first-order valence-electron chi connectivity index (χ1n) is 8.28. The van der Waals surface area contributed by atoms with Crippen molar-refractivity contribution >= 4 is 0 Å². The quantitative estimate of drug-likeness (QED) is 0.835. The fraction of sp³-hybridized carbons (Fsp3) is 0.667. The highest BCUT2D eigenvalue weighted by Gasteiger charge is 2.34. The third-order valence-corrected chi connectivity index (χ3v) is 4.67. The van der Waals surface area contributed by atoms with Crippen molar-refractivity contribution in [1.82, 2.24) is 10.2 Å². The maximum Gasteiger partial charge on any atom is 0.0615 e. The van der Waals surface area contributed by atoms with Crippen LogP contribution in [0.3, 0.4) is 0 Å². The number of ether oxygens (including phenoxy) is 1. The predicted molar refractivity (Wildman–Crippen MR) is 88.7 cm³/mol. The predicted octanol–water partition coefficient (Wildman–Crippen LogP) is 3.01. The Labute approximate surface area is 129 Å². The third-order valence-electron chi connectivity index (χ3n) is 4.67. The molecule has 1 N–H and O–H groups in total. The summed E-state index contributed by atoms with van der Waals surface area (Å²) in [6.07, 6.45) is 2.40. The molecule has 3 heteroatoms. The minimum absolute atomic E-state index is 0.430. The zero-order chi connectivity index (χ0) is 15.2. The third kappa shape index (κ3) is 3.65. The number of fused-ring (bicyclic) bond motifs is 1. The van der Waals surface area contributed by atoms with Crippen molar-refractivity contribution in [3.8, 4) is 0 Å². The van der Waals surface area contributed by atoms with Gasteiger partial charge in [-0.15, -0.1) is 0 Å². The zero-order valence-corrected chi connectivity index (χ0v) is 13.9. The molecule has 1 aliphatic carbocycles. The zero-order valence-electron chi connectivity index (χ0n) is 13.9. The molecule has 0 saturated heterocycles. The van der Waals surface area contributed by atoms with E-state index in [0.717, 1.165) is 19.7 Å². The number of likely N-dealkylation sites (N-methyl/N-ethyl adjacent to an activating group) is 2. The highest BCUT2D eigenvalue weighted by Crippen LogP contribution is 2.33. The first kappa shape index (κ1) is 16.5. The van der Waals surface area contributed by atoms with Crippen LogP contribution in [0.25, 0.3) is 0 Å². The Hall–Kier alpha value is -0.900. The minimum atomic E-state index is 0.430. The van der Waals surface area contributed by atoms with Crippen molar-refractivity contribution < 1.29 is 4.74 Å². The molecule has 3 atom stereocenters. The van der Waals surface area contributed by atoms with Crippen molar-refractivity contribution in [2.75, 3.05) is 26.8 Å². The van der Waals surface area contributed by atoms with E-state index in [0.29, 0.717) is 18.1 Å². The van der Waals surface area contributed by atoms with E-state index in [-0.39, 0.29) is 0 Å². The van der Waals surface area contributed by atoms with Crippen molar-refractivity contribution in [2.45, 2.75) is 51.7 Å². The summed E-state index contributed by atoms with van der Waals surface area (Å²) in [5.74, 6) is 0. The molecule has 1 aromatic rings. The average Bonchev–Trinajstić information content (AvgIpc) is 2.50. The van der Waals surface area contributed by atoms with Gasteiger partial charge < -0.3 is 10.1 Å². The summed E-state index contributed by atoms with van der Waals surface area (Å²) < 4.78 is 5.38. The van der Waals surface area contributed by atoms with E-state index in [1.807, 2.05) is 0 Å². The minimum Gasteiger partial charge on any atom is -0.383 e. The maximum absolute atomic E-state index is 5.38. The number of hydrogen-bond acceptors (Lipinski definition) is 3. The summed E-state index contributed by atoms with van der Waals surface area (Å²) >= 11 is 0. The Morgan fingerprint density at radius 1 is 1.33 bits per heavy atom. The van der Waals surface area contributed by atoms with Gasteiger partial charge in [0.1, 0.15) is 0 Å². The summed E-state index contributed by atoms with van der Waals surface area (Å²) in [7, 11) is 1.79. The summed E-state index contributed by atoms with van der Waals surface area (Å²) in [5.41, 5.74) is 2.99. The van der Waals surface area contributed by atoms with Crippen LogP contribution in [0, 0.1) is 0 Å². The second-order valence-corrected chi connectivity index (χ2v) is 5.97. The number of rotatable bonds is 7. The van der Waals surface area contributed by atoms with Gasteiger partial charge in [0.05, 0.1) is 6.61 Å². The van der Waals surface area contributed by atoms with Crippen LogP contribution in [0.15, 0.2) is 24.3 Å². The molecule has 1 aliphatic rings. The van der Waals surface area contributed by atoms with Gasteiger partial charge in [-0.3, -0.25) is 4.90 Å². The average molecular weight is 290 g/mol. The number of nitrogens with one attached hydrogen (secondary N) is 1. The summed E-state index contributed by atoms with van der Waals surface area (Å²) in [4.78, 5) is 2.60. The lowest BCUT2D eigenvalue weighted by Crippen LogP contribution is -2.51. The fourth-order valence-electron chi connectivity index (χ4n) is 3.78. The van der Waals surface area contributed by atoms with Crippen LogP contribution in [0.5, 0.6) is 0 Å². The Morgan fingerprint density at radius 3 is 2.76 bits per heavy atom. The van der Waals surface area contributed by atoms with Crippen molar-refractivity contribution in [2.24, 2.45) is 0 Å². The first-order valence-corrected chi connectivity index (χ1v) is 8.28. The second-order valence-electron chi connectivity index (χ2n) is 5.97. The van der Waals surface area contributed by atoms with Gasteiger partial charge in [0.2, 0.25) is 0 Å². The van der Waals surface area contributed by atoms with E-state index in [1.165, 1.54) is 24.0 Å². The van der Waals surface area contributed by atoms with Gasteiger partial charge >= 0.3 is 0 Å². The molecule has 0 radical (unpaired) electrons. The number of benzene rings is 1. The molecule has 0 heterocycles. The van der Waals surface area contributed by atoms with Gasteiger partial charge in [-0.2, -0.15) is 0 Å². The van der Waals surface area contributed by atoms with Crippen molar-refractivity contribution in [3.63, 3.8) is 0 Å². The molecule has 0 fully saturated rings. The summed E-state index contributed by atoms with van der Waals surface area (Å²) in [5, 5.41) is 3.72. The molecule has 3 unspecified atom stereocenters. The van der Waals surface area contributed by atoms with Crippen LogP contribution in [0.2, 0.25) is 0 Å². The van der Waals surface area contributed by atoms with Crippen LogP contribution in [-0.4, -0.2) is 43.8 Å². The monoisotopic (exact) mass is 290 g/mol. The lowest BCUT2D eigenvalue weighted by Gasteiger charge is -2.43. The number of methoxy groups -OCH3 is 1.